The first-order valence-corrected chi connectivity index (χ1v) is 21.7. The molecule has 0 amide bonds. The van der Waals surface area contributed by atoms with Gasteiger partial charge < -0.3 is 0 Å². The van der Waals surface area contributed by atoms with Crippen molar-refractivity contribution in [1.82, 2.24) is 9.97 Å². The van der Waals surface area contributed by atoms with Crippen LogP contribution in [0.2, 0.25) is 0 Å². The van der Waals surface area contributed by atoms with E-state index in [-0.39, 0.29) is 10.8 Å². The first-order chi connectivity index (χ1) is 28.5. The van der Waals surface area contributed by atoms with Crippen molar-refractivity contribution in [3.63, 3.8) is 0 Å². The average molecular weight is 763 g/mol. The number of rotatable bonds is 4. The molecule has 12 rings (SSSR count). The summed E-state index contributed by atoms with van der Waals surface area (Å²) in [6.45, 7) is 4.81. The lowest BCUT2D eigenvalue weighted by Gasteiger charge is -2.36. The zero-order chi connectivity index (χ0) is 38.6. The van der Waals surface area contributed by atoms with Gasteiger partial charge in [-0.2, -0.15) is 0 Å². The molecule has 0 radical (unpaired) electrons. The normalized spacial score (nSPS) is 15.7. The molecule has 9 aromatic rings. The van der Waals surface area contributed by atoms with E-state index >= 15 is 0 Å². The summed E-state index contributed by atoms with van der Waals surface area (Å²) in [7, 11) is 0. The minimum Gasteiger partial charge on any atom is -0.227 e. The largest absolute Gasteiger partial charge is 0.227 e. The van der Waals surface area contributed by atoms with E-state index in [1.165, 1.54) is 97.8 Å². The van der Waals surface area contributed by atoms with Gasteiger partial charge in [-0.25, -0.2) is 9.97 Å². The summed E-state index contributed by atoms with van der Waals surface area (Å²) >= 11 is 1.74. The van der Waals surface area contributed by atoms with Gasteiger partial charge in [0.2, 0.25) is 0 Å². The molecule has 7 aromatic carbocycles. The highest BCUT2D eigenvalue weighted by atomic mass is 32.1. The van der Waals surface area contributed by atoms with Gasteiger partial charge in [0.25, 0.3) is 0 Å². The standard InChI is InChI=1S/C55H42N2S/c1-54(2)45-20-9-7-18-40(45)43-33-48-44(32-46(43)54)41-27-26-38(31-47(41)55(48)28-11-4-12-29-55)35-24-22-34(23-25-35)37-16-13-17-39(30-37)52-56-51(36-14-5-3-6-15-36)50-42-19-8-10-21-49(42)58-53(50)57-52/h3,5-10,13-27,30-33H,4,11-12,28-29H2,1-2H3. The summed E-state index contributed by atoms with van der Waals surface area (Å²) in [6.07, 6.45) is 6.35. The van der Waals surface area contributed by atoms with Crippen LogP contribution in [0.15, 0.2) is 158 Å². The van der Waals surface area contributed by atoms with Crippen molar-refractivity contribution in [2.45, 2.75) is 56.8 Å². The van der Waals surface area contributed by atoms with Crippen LogP contribution in [-0.4, -0.2) is 9.97 Å². The molecular formula is C55H42N2S. The molecule has 0 bridgehead atoms. The molecule has 0 unspecified atom stereocenters. The van der Waals surface area contributed by atoms with E-state index in [2.05, 4.69) is 172 Å². The first-order valence-electron chi connectivity index (χ1n) is 20.9. The highest BCUT2D eigenvalue weighted by Gasteiger charge is 2.46. The van der Waals surface area contributed by atoms with Crippen molar-refractivity contribution >= 4 is 31.6 Å². The van der Waals surface area contributed by atoms with Gasteiger partial charge in [0, 0.05) is 37.4 Å². The molecule has 0 N–H and O–H groups in total. The molecule has 3 aliphatic carbocycles. The van der Waals surface area contributed by atoms with E-state index in [1.807, 2.05) is 0 Å². The van der Waals surface area contributed by atoms with Crippen LogP contribution in [0.5, 0.6) is 0 Å². The van der Waals surface area contributed by atoms with Gasteiger partial charge in [0.15, 0.2) is 5.82 Å². The number of nitrogens with zero attached hydrogens (tertiary/aromatic N) is 2. The number of fused-ring (bicyclic) bond motifs is 11. The lowest BCUT2D eigenvalue weighted by Crippen LogP contribution is -2.28. The summed E-state index contributed by atoms with van der Waals surface area (Å²) in [5.74, 6) is 0.755. The monoisotopic (exact) mass is 762 g/mol. The molecule has 0 aliphatic heterocycles. The van der Waals surface area contributed by atoms with Gasteiger partial charge in [-0.3, -0.25) is 0 Å². The zero-order valence-corrected chi connectivity index (χ0v) is 33.7. The smallest absolute Gasteiger partial charge is 0.161 e. The van der Waals surface area contributed by atoms with Gasteiger partial charge in [0.1, 0.15) is 4.83 Å². The summed E-state index contributed by atoms with van der Waals surface area (Å²) in [5, 5.41) is 2.34. The Hall–Kier alpha value is -6.16. The Bertz CT molecular complexity index is 3110. The number of benzene rings is 7. The van der Waals surface area contributed by atoms with Gasteiger partial charge in [-0.05, 0) is 110 Å². The Morgan fingerprint density at radius 2 is 1.07 bits per heavy atom. The minimum atomic E-state index is -0.00441. The molecule has 58 heavy (non-hydrogen) atoms. The SMILES string of the molecule is CC1(C)c2ccccc2-c2cc3c(cc21)-c1ccc(-c2ccc(-c4cccc(-c5nc(-c6ccccc6)c6c(n5)sc5ccccc56)c4)cc2)cc1C31CCCCC1. The molecule has 278 valence electrons. The van der Waals surface area contributed by atoms with E-state index in [4.69, 9.17) is 9.97 Å². The number of hydrogen-bond donors (Lipinski definition) is 0. The van der Waals surface area contributed by atoms with Crippen molar-refractivity contribution in [2.75, 3.05) is 0 Å². The summed E-state index contributed by atoms with van der Waals surface area (Å²) in [4.78, 5) is 11.5. The van der Waals surface area contributed by atoms with E-state index < -0.39 is 0 Å². The van der Waals surface area contributed by atoms with Gasteiger partial charge in [-0.1, -0.05) is 161 Å². The lowest BCUT2D eigenvalue weighted by molar-refractivity contribution is 0.353. The number of aromatic nitrogens is 2. The minimum absolute atomic E-state index is 0.00441. The third kappa shape index (κ3) is 4.96. The molecular weight excluding hydrogens is 721 g/mol. The molecule has 3 heteroatoms. The summed E-state index contributed by atoms with van der Waals surface area (Å²) in [6, 6.07) is 58.6. The van der Waals surface area contributed by atoms with Crippen LogP contribution < -0.4 is 0 Å². The number of thiophene rings is 1. The van der Waals surface area contributed by atoms with E-state index in [0.29, 0.717) is 0 Å². The van der Waals surface area contributed by atoms with E-state index in [9.17, 15) is 0 Å². The van der Waals surface area contributed by atoms with Crippen molar-refractivity contribution in [3.05, 3.63) is 180 Å². The molecule has 2 heterocycles. The second-order valence-electron chi connectivity index (χ2n) is 17.2. The predicted molar refractivity (Wildman–Crippen MR) is 244 cm³/mol. The second-order valence-corrected chi connectivity index (χ2v) is 18.2. The van der Waals surface area contributed by atoms with Crippen molar-refractivity contribution in [2.24, 2.45) is 0 Å². The van der Waals surface area contributed by atoms with Crippen LogP contribution in [0.1, 0.15) is 68.2 Å². The highest BCUT2D eigenvalue weighted by Crippen LogP contribution is 2.60. The molecule has 1 fully saturated rings. The van der Waals surface area contributed by atoms with Crippen LogP contribution in [-0.2, 0) is 10.8 Å². The Balaban J connectivity index is 0.906. The van der Waals surface area contributed by atoms with Crippen LogP contribution in [0.3, 0.4) is 0 Å². The average Bonchev–Trinajstić information content (AvgIpc) is 3.86. The molecule has 0 saturated heterocycles. The van der Waals surface area contributed by atoms with E-state index in [1.54, 1.807) is 16.9 Å². The molecule has 2 nitrogen and oxygen atoms in total. The van der Waals surface area contributed by atoms with Crippen LogP contribution in [0.25, 0.3) is 87.5 Å². The molecule has 2 aromatic heterocycles. The van der Waals surface area contributed by atoms with Gasteiger partial charge >= 0.3 is 0 Å². The van der Waals surface area contributed by atoms with Gasteiger partial charge in [0.05, 0.1) is 5.69 Å². The maximum atomic E-state index is 5.26. The molecule has 3 aliphatic rings. The zero-order valence-electron chi connectivity index (χ0n) is 32.8. The second kappa shape index (κ2) is 12.7. The predicted octanol–water partition coefficient (Wildman–Crippen LogP) is 15.0. The van der Waals surface area contributed by atoms with Crippen LogP contribution in [0.4, 0.5) is 0 Å². The fraction of sp³-hybridized carbons (Fsp3) is 0.164. The summed E-state index contributed by atoms with van der Waals surface area (Å²) < 4.78 is 1.23. The van der Waals surface area contributed by atoms with Crippen molar-refractivity contribution in [1.29, 1.82) is 0 Å². The van der Waals surface area contributed by atoms with E-state index in [0.717, 1.165) is 38.4 Å². The van der Waals surface area contributed by atoms with Crippen molar-refractivity contribution in [3.8, 4) is 67.2 Å². The maximum absolute atomic E-state index is 5.26. The fourth-order valence-corrected chi connectivity index (χ4v) is 11.9. The highest BCUT2D eigenvalue weighted by molar-refractivity contribution is 7.25. The topological polar surface area (TPSA) is 25.8 Å². The quantitative estimate of drug-likeness (QED) is 0.178. The Morgan fingerprint density at radius 1 is 0.448 bits per heavy atom. The lowest BCUT2D eigenvalue weighted by atomic mass is 9.67. The van der Waals surface area contributed by atoms with Crippen LogP contribution in [0, 0.1) is 0 Å². The third-order valence-corrected chi connectivity index (χ3v) is 14.8. The molecule has 1 saturated carbocycles. The molecule has 1 spiro atoms. The van der Waals surface area contributed by atoms with Crippen LogP contribution >= 0.6 is 11.3 Å². The first kappa shape index (κ1) is 33.9. The fourth-order valence-electron chi connectivity index (χ4n) is 10.8. The Kier molecular flexibility index (Phi) is 7.41. The molecule has 0 atom stereocenters. The van der Waals surface area contributed by atoms with Gasteiger partial charge in [-0.15, -0.1) is 11.3 Å². The third-order valence-electron chi connectivity index (χ3n) is 13.7. The van der Waals surface area contributed by atoms with Crippen molar-refractivity contribution < 1.29 is 0 Å². The number of hydrogen-bond acceptors (Lipinski definition) is 3. The Morgan fingerprint density at radius 3 is 1.90 bits per heavy atom. The maximum Gasteiger partial charge on any atom is 0.161 e. The summed E-state index contributed by atoms with van der Waals surface area (Å²) in [5.41, 5.74) is 19.9. The Labute approximate surface area is 343 Å².